The molecule has 0 unspecified atom stereocenters. The highest BCUT2D eigenvalue weighted by Crippen LogP contribution is 2.37. The maximum Gasteiger partial charge on any atom is 0.345 e. The van der Waals surface area contributed by atoms with Crippen LogP contribution in [-0.2, 0) is 4.74 Å². The van der Waals surface area contributed by atoms with E-state index in [-0.39, 0.29) is 0 Å². The summed E-state index contributed by atoms with van der Waals surface area (Å²) in [5.74, 6) is -4.56. The number of carbonyl (C=O) groups is 2. The molecule has 1 aromatic rings. The van der Waals surface area contributed by atoms with Gasteiger partial charge in [-0.05, 0) is 0 Å². The quantitative estimate of drug-likeness (QED) is 0.512. The number of hydrogen-bond donors (Lipinski definition) is 4. The summed E-state index contributed by atoms with van der Waals surface area (Å²) in [6.45, 7) is 0. The summed E-state index contributed by atoms with van der Waals surface area (Å²) in [6.07, 6.45) is 0. The zero-order valence-electron chi connectivity index (χ0n) is 8.22. The van der Waals surface area contributed by atoms with Crippen LogP contribution in [0, 0.1) is 0 Å². The highest BCUT2D eigenvalue weighted by molar-refractivity contribution is 6.05. The molecular formula is C9H9NO6. The number of hydrogen-bond acceptors (Lipinski definition) is 6. The van der Waals surface area contributed by atoms with Gasteiger partial charge in [0, 0.05) is 6.07 Å². The monoisotopic (exact) mass is 227 g/mol. The molecule has 0 heterocycles. The third-order valence-electron chi connectivity index (χ3n) is 1.90. The molecule has 0 aliphatic heterocycles. The van der Waals surface area contributed by atoms with Crippen molar-refractivity contribution in [3.8, 4) is 17.2 Å². The molecule has 0 aliphatic rings. The molecule has 7 nitrogen and oxygen atoms in total. The summed E-state index contributed by atoms with van der Waals surface area (Å²) in [4.78, 5) is 22.1. The van der Waals surface area contributed by atoms with Crippen molar-refractivity contribution in [2.45, 2.75) is 0 Å². The van der Waals surface area contributed by atoms with Gasteiger partial charge in [-0.3, -0.25) is 4.79 Å². The molecule has 16 heavy (non-hydrogen) atoms. The summed E-state index contributed by atoms with van der Waals surface area (Å²) in [6, 6.07) is 0.714. The van der Waals surface area contributed by atoms with Crippen molar-refractivity contribution in [2.75, 3.05) is 7.11 Å². The number of primary amides is 1. The number of rotatable bonds is 2. The summed E-state index contributed by atoms with van der Waals surface area (Å²) in [5.41, 5.74) is 3.60. The average Bonchev–Trinajstić information content (AvgIpc) is 2.15. The van der Waals surface area contributed by atoms with E-state index in [4.69, 9.17) is 5.73 Å². The van der Waals surface area contributed by atoms with Gasteiger partial charge in [-0.15, -0.1) is 0 Å². The molecular weight excluding hydrogens is 218 g/mol. The fraction of sp³-hybridized carbons (Fsp3) is 0.111. The van der Waals surface area contributed by atoms with E-state index in [1.165, 1.54) is 0 Å². The van der Waals surface area contributed by atoms with Crippen molar-refractivity contribution in [1.29, 1.82) is 0 Å². The van der Waals surface area contributed by atoms with Gasteiger partial charge in [0.2, 0.25) is 0 Å². The molecule has 0 saturated heterocycles. The third-order valence-corrected chi connectivity index (χ3v) is 1.90. The maximum atomic E-state index is 11.2. The van der Waals surface area contributed by atoms with Gasteiger partial charge in [-0.1, -0.05) is 0 Å². The van der Waals surface area contributed by atoms with Gasteiger partial charge in [0.05, 0.1) is 7.11 Å². The number of phenols is 3. The first kappa shape index (κ1) is 11.6. The fourth-order valence-electron chi connectivity index (χ4n) is 1.19. The average molecular weight is 227 g/mol. The number of ether oxygens (including phenoxy) is 1. The largest absolute Gasteiger partial charge is 0.507 e. The van der Waals surface area contributed by atoms with Crippen molar-refractivity contribution in [2.24, 2.45) is 5.73 Å². The van der Waals surface area contributed by atoms with Gasteiger partial charge in [0.25, 0.3) is 5.91 Å². The minimum atomic E-state index is -1.14. The Kier molecular flexibility index (Phi) is 2.89. The van der Waals surface area contributed by atoms with Crippen LogP contribution in [0.15, 0.2) is 6.07 Å². The second-order valence-corrected chi connectivity index (χ2v) is 2.87. The van der Waals surface area contributed by atoms with E-state index in [9.17, 15) is 24.9 Å². The van der Waals surface area contributed by atoms with E-state index in [1.807, 2.05) is 0 Å². The van der Waals surface area contributed by atoms with Crippen molar-refractivity contribution in [3.05, 3.63) is 17.2 Å². The van der Waals surface area contributed by atoms with Crippen molar-refractivity contribution >= 4 is 11.9 Å². The first-order valence-corrected chi connectivity index (χ1v) is 4.06. The normalized spacial score (nSPS) is 9.81. The molecule has 1 rings (SSSR count). The van der Waals surface area contributed by atoms with Crippen LogP contribution >= 0.6 is 0 Å². The highest BCUT2D eigenvalue weighted by Gasteiger charge is 2.25. The number of amides is 1. The highest BCUT2D eigenvalue weighted by atomic mass is 16.5. The molecule has 0 aliphatic carbocycles. The van der Waals surface area contributed by atoms with Gasteiger partial charge < -0.3 is 25.8 Å². The number of benzene rings is 1. The van der Waals surface area contributed by atoms with E-state index in [0.29, 0.717) is 6.07 Å². The van der Waals surface area contributed by atoms with Crippen LogP contribution in [0.5, 0.6) is 17.2 Å². The van der Waals surface area contributed by atoms with E-state index in [0.717, 1.165) is 7.11 Å². The first-order valence-electron chi connectivity index (χ1n) is 4.06. The van der Waals surface area contributed by atoms with Crippen LogP contribution in [-0.4, -0.2) is 34.3 Å². The van der Waals surface area contributed by atoms with Crippen LogP contribution in [0.4, 0.5) is 0 Å². The van der Waals surface area contributed by atoms with E-state index in [2.05, 4.69) is 4.74 Å². The molecule has 0 atom stereocenters. The minimum absolute atomic E-state index is 0.630. The smallest absolute Gasteiger partial charge is 0.345 e. The number of carbonyl (C=O) groups excluding carboxylic acids is 2. The second kappa shape index (κ2) is 3.97. The van der Waals surface area contributed by atoms with Crippen LogP contribution < -0.4 is 5.73 Å². The molecule has 0 fully saturated rings. The maximum absolute atomic E-state index is 11.2. The van der Waals surface area contributed by atoms with Crippen LogP contribution in [0.2, 0.25) is 0 Å². The Hall–Kier alpha value is -2.44. The third kappa shape index (κ3) is 1.70. The molecule has 1 aromatic carbocycles. The Bertz CT molecular complexity index is 468. The predicted octanol–water partition coefficient (Wildman–Crippen LogP) is -0.311. The second-order valence-electron chi connectivity index (χ2n) is 2.87. The van der Waals surface area contributed by atoms with Crippen LogP contribution in [0.1, 0.15) is 20.7 Å². The number of aromatic hydroxyl groups is 3. The van der Waals surface area contributed by atoms with Gasteiger partial charge in [-0.2, -0.15) is 0 Å². The Balaban J connectivity index is 3.57. The molecule has 0 spiro atoms. The van der Waals surface area contributed by atoms with Gasteiger partial charge in [0.15, 0.2) is 0 Å². The lowest BCUT2D eigenvalue weighted by atomic mass is 10.1. The zero-order valence-corrected chi connectivity index (χ0v) is 8.22. The summed E-state index contributed by atoms with van der Waals surface area (Å²) < 4.78 is 4.28. The SMILES string of the molecule is COC(=O)c1c(O)cc(O)c(C(N)=O)c1O. The minimum Gasteiger partial charge on any atom is -0.507 e. The molecule has 0 bridgehead atoms. The molecule has 0 aromatic heterocycles. The molecule has 7 heteroatoms. The number of esters is 1. The summed E-state index contributed by atoms with van der Waals surface area (Å²) >= 11 is 0. The van der Waals surface area contributed by atoms with Gasteiger partial charge in [0.1, 0.15) is 28.4 Å². The number of nitrogens with two attached hydrogens (primary N) is 1. The molecule has 1 amide bonds. The first-order chi connectivity index (χ1) is 7.40. The zero-order chi connectivity index (χ0) is 12.5. The number of phenolic OH excluding ortho intramolecular Hbond substituents is 1. The van der Waals surface area contributed by atoms with Crippen molar-refractivity contribution < 1.29 is 29.6 Å². The summed E-state index contributed by atoms with van der Waals surface area (Å²) in [7, 11) is 1.03. The number of methoxy groups -OCH3 is 1. The fourth-order valence-corrected chi connectivity index (χ4v) is 1.19. The molecule has 0 radical (unpaired) electrons. The molecule has 5 N–H and O–H groups in total. The molecule has 0 saturated carbocycles. The van der Waals surface area contributed by atoms with E-state index < -0.39 is 40.3 Å². The lowest BCUT2D eigenvalue weighted by Gasteiger charge is -2.09. The Morgan fingerprint density at radius 3 is 2.12 bits per heavy atom. The van der Waals surface area contributed by atoms with Crippen LogP contribution in [0.25, 0.3) is 0 Å². The standard InChI is InChI=1S/C9H9NO6/c1-16-9(15)6-4(12)2-3(11)5(7(6)13)8(10)14/h2,11-13H,1H3,(H2,10,14). The van der Waals surface area contributed by atoms with Gasteiger partial charge >= 0.3 is 5.97 Å². The topological polar surface area (TPSA) is 130 Å². The van der Waals surface area contributed by atoms with Crippen molar-refractivity contribution in [1.82, 2.24) is 0 Å². The predicted molar refractivity (Wildman–Crippen MR) is 51.3 cm³/mol. The van der Waals surface area contributed by atoms with E-state index in [1.54, 1.807) is 0 Å². The van der Waals surface area contributed by atoms with Gasteiger partial charge in [-0.25, -0.2) is 4.79 Å². The lowest BCUT2D eigenvalue weighted by Crippen LogP contribution is -2.13. The molecule has 86 valence electrons. The summed E-state index contributed by atoms with van der Waals surface area (Å²) in [5, 5.41) is 28.1. The Morgan fingerprint density at radius 2 is 1.69 bits per heavy atom. The van der Waals surface area contributed by atoms with E-state index >= 15 is 0 Å². The lowest BCUT2D eigenvalue weighted by molar-refractivity contribution is 0.0594. The van der Waals surface area contributed by atoms with Crippen molar-refractivity contribution in [3.63, 3.8) is 0 Å². The Morgan fingerprint density at radius 1 is 1.19 bits per heavy atom. The Labute approximate surface area is 89.7 Å². The van der Waals surface area contributed by atoms with Crippen LogP contribution in [0.3, 0.4) is 0 Å².